The molecule has 5 aliphatic rings. The fourth-order valence-electron chi connectivity index (χ4n) is 7.54. The molecule has 5 fully saturated rings. The van der Waals surface area contributed by atoms with Crippen LogP contribution >= 0.6 is 11.6 Å². The highest BCUT2D eigenvalue weighted by atomic mass is 35.5. The molecule has 0 aromatic heterocycles. The van der Waals surface area contributed by atoms with E-state index in [1.54, 1.807) is 0 Å². The molecule has 1 spiro atoms. The number of epoxide rings is 1. The second-order valence-electron chi connectivity index (χ2n) is 11.3. The van der Waals surface area contributed by atoms with Crippen LogP contribution in [0.4, 0.5) is 5.69 Å². The molecule has 6 atom stereocenters. The molecule has 2 aliphatic carbocycles. The third kappa shape index (κ3) is 3.47. The summed E-state index contributed by atoms with van der Waals surface area (Å²) >= 11 is 6.24. The highest BCUT2D eigenvalue weighted by molar-refractivity contribution is 6.30. The number of carbonyl (C=O) groups excluding carboxylic acids is 1. The number of anilines is 1. The quantitative estimate of drug-likeness (QED) is 0.499. The summed E-state index contributed by atoms with van der Waals surface area (Å²) < 4.78 is 12.1. The van der Waals surface area contributed by atoms with Gasteiger partial charge in [0.05, 0.1) is 18.1 Å². The van der Waals surface area contributed by atoms with Gasteiger partial charge in [-0.2, -0.15) is 0 Å². The molecule has 2 unspecified atom stereocenters. The average Bonchev–Trinajstić information content (AvgIpc) is 3.47. The number of rotatable bonds is 3. The summed E-state index contributed by atoms with van der Waals surface area (Å²) in [6.45, 7) is 10.2. The van der Waals surface area contributed by atoms with E-state index in [4.69, 9.17) is 21.1 Å². The van der Waals surface area contributed by atoms with Crippen LogP contribution in [0.3, 0.4) is 0 Å². The standard InChI is InChI=1S/C26H35ClN2O3/c1-17-4-5-18(27)12-21(17)29-10-8-28(9-11-29)15-20-19-13-23-25(2,14-22(19)32-24(20)30)6-3-7-26(23)16-31-26/h4-5,12,19-20,22-23H,3,6-11,13-16H2,1-2H3/t19-,20?,22-,23?,25-,26+/m1/s1. The normalized spacial score (nSPS) is 41.3. The SMILES string of the molecule is Cc1ccc(Cl)cc1N1CCN(CC2C(=O)O[C@@H]3C[C@@]4(C)CCC[C@]5(CO5)C4C[C@H]23)CC1. The lowest BCUT2D eigenvalue weighted by Crippen LogP contribution is -2.52. The molecule has 3 aliphatic heterocycles. The van der Waals surface area contributed by atoms with Crippen LogP contribution in [-0.4, -0.2) is 61.9 Å². The summed E-state index contributed by atoms with van der Waals surface area (Å²) in [7, 11) is 0. The molecule has 2 saturated carbocycles. The Bertz CT molecular complexity index is 910. The predicted octanol–water partition coefficient (Wildman–Crippen LogP) is 4.30. The molecule has 3 heterocycles. The van der Waals surface area contributed by atoms with Gasteiger partial charge in [0.2, 0.25) is 0 Å². The summed E-state index contributed by atoms with van der Waals surface area (Å²) in [5.74, 6) is 1.00. The number of halogens is 1. The number of hydrogen-bond donors (Lipinski definition) is 0. The number of esters is 1. The summed E-state index contributed by atoms with van der Waals surface area (Å²) in [5, 5.41) is 0.789. The predicted molar refractivity (Wildman–Crippen MR) is 125 cm³/mol. The van der Waals surface area contributed by atoms with E-state index in [1.165, 1.54) is 30.5 Å². The van der Waals surface area contributed by atoms with Gasteiger partial charge in [-0.15, -0.1) is 0 Å². The van der Waals surface area contributed by atoms with Gasteiger partial charge >= 0.3 is 5.97 Å². The van der Waals surface area contributed by atoms with Crippen molar-refractivity contribution < 1.29 is 14.3 Å². The zero-order chi connectivity index (χ0) is 22.1. The Morgan fingerprint density at radius 2 is 1.97 bits per heavy atom. The van der Waals surface area contributed by atoms with Gasteiger partial charge in [-0.3, -0.25) is 9.69 Å². The Morgan fingerprint density at radius 3 is 2.72 bits per heavy atom. The fraction of sp³-hybridized carbons (Fsp3) is 0.731. The summed E-state index contributed by atoms with van der Waals surface area (Å²) in [5.41, 5.74) is 2.88. The van der Waals surface area contributed by atoms with Crippen molar-refractivity contribution in [1.29, 1.82) is 0 Å². The fourth-order valence-corrected chi connectivity index (χ4v) is 7.70. The van der Waals surface area contributed by atoms with Crippen LogP contribution in [0, 0.1) is 30.1 Å². The summed E-state index contributed by atoms with van der Waals surface area (Å²) in [6.07, 6.45) is 5.93. The van der Waals surface area contributed by atoms with E-state index in [2.05, 4.69) is 35.8 Å². The van der Waals surface area contributed by atoms with Crippen LogP contribution in [0.15, 0.2) is 18.2 Å². The number of aryl methyl sites for hydroxylation is 1. The van der Waals surface area contributed by atoms with Gasteiger partial charge in [0, 0.05) is 49.4 Å². The van der Waals surface area contributed by atoms with Crippen molar-refractivity contribution in [2.45, 2.75) is 57.7 Å². The van der Waals surface area contributed by atoms with E-state index in [0.717, 1.165) is 57.2 Å². The minimum atomic E-state index is 0.0155. The Labute approximate surface area is 196 Å². The lowest BCUT2D eigenvalue weighted by molar-refractivity contribution is -0.147. The van der Waals surface area contributed by atoms with Crippen molar-refractivity contribution in [2.24, 2.45) is 23.2 Å². The smallest absolute Gasteiger partial charge is 0.310 e. The largest absolute Gasteiger partial charge is 0.462 e. The van der Waals surface area contributed by atoms with Crippen molar-refractivity contribution in [3.8, 4) is 0 Å². The monoisotopic (exact) mass is 458 g/mol. The first-order valence-corrected chi connectivity index (χ1v) is 12.8. The Balaban J connectivity index is 1.12. The first-order valence-electron chi connectivity index (χ1n) is 12.4. The average molecular weight is 459 g/mol. The van der Waals surface area contributed by atoms with E-state index in [9.17, 15) is 4.79 Å². The number of ether oxygens (including phenoxy) is 2. The molecule has 1 aromatic rings. The topological polar surface area (TPSA) is 45.3 Å². The minimum absolute atomic E-state index is 0.0155. The highest BCUT2D eigenvalue weighted by Crippen LogP contribution is 2.62. The molecular weight excluding hydrogens is 424 g/mol. The van der Waals surface area contributed by atoms with Gasteiger partial charge in [0.25, 0.3) is 0 Å². The number of nitrogens with zero attached hydrogens (tertiary/aromatic N) is 2. The maximum Gasteiger partial charge on any atom is 0.310 e. The van der Waals surface area contributed by atoms with E-state index >= 15 is 0 Å². The van der Waals surface area contributed by atoms with E-state index in [-0.39, 0.29) is 29.0 Å². The molecule has 6 rings (SSSR count). The lowest BCUT2D eigenvalue weighted by Gasteiger charge is -2.51. The molecule has 0 radical (unpaired) electrons. The van der Waals surface area contributed by atoms with Crippen molar-refractivity contribution in [3.63, 3.8) is 0 Å². The Hall–Kier alpha value is -1.30. The van der Waals surface area contributed by atoms with Gasteiger partial charge < -0.3 is 14.4 Å². The van der Waals surface area contributed by atoms with Crippen LogP contribution < -0.4 is 4.90 Å². The number of hydrogen-bond acceptors (Lipinski definition) is 5. The maximum atomic E-state index is 13.0. The zero-order valence-electron chi connectivity index (χ0n) is 19.3. The van der Waals surface area contributed by atoms with Crippen LogP contribution in [0.25, 0.3) is 0 Å². The second kappa shape index (κ2) is 7.61. The molecule has 0 N–H and O–H groups in total. The van der Waals surface area contributed by atoms with Gasteiger partial charge in [-0.05, 0) is 68.1 Å². The zero-order valence-corrected chi connectivity index (χ0v) is 20.1. The van der Waals surface area contributed by atoms with E-state index in [0.29, 0.717) is 11.8 Å². The molecular formula is C26H35ClN2O3. The number of carbonyl (C=O) groups is 1. The number of piperazine rings is 1. The molecule has 0 bridgehead atoms. The third-order valence-electron chi connectivity index (χ3n) is 9.42. The molecule has 6 heteroatoms. The van der Waals surface area contributed by atoms with Crippen molar-refractivity contribution in [3.05, 3.63) is 28.8 Å². The third-order valence-corrected chi connectivity index (χ3v) is 9.65. The highest BCUT2D eigenvalue weighted by Gasteiger charge is 2.65. The second-order valence-corrected chi connectivity index (χ2v) is 11.8. The van der Waals surface area contributed by atoms with E-state index in [1.807, 2.05) is 6.07 Å². The van der Waals surface area contributed by atoms with Crippen LogP contribution in [0.2, 0.25) is 5.02 Å². The van der Waals surface area contributed by atoms with Gasteiger partial charge in [-0.1, -0.05) is 24.6 Å². The molecule has 0 amide bonds. The van der Waals surface area contributed by atoms with Gasteiger partial charge in [0.15, 0.2) is 0 Å². The lowest BCUT2D eigenvalue weighted by atomic mass is 9.53. The first-order chi connectivity index (χ1) is 15.4. The number of benzene rings is 1. The number of fused-ring (bicyclic) bond motifs is 3. The molecule has 174 valence electrons. The van der Waals surface area contributed by atoms with E-state index < -0.39 is 0 Å². The van der Waals surface area contributed by atoms with Crippen LogP contribution in [-0.2, 0) is 14.3 Å². The van der Waals surface area contributed by atoms with Crippen LogP contribution in [0.1, 0.15) is 44.6 Å². The summed E-state index contributed by atoms with van der Waals surface area (Å²) in [6, 6.07) is 6.12. The van der Waals surface area contributed by atoms with Gasteiger partial charge in [-0.25, -0.2) is 0 Å². The van der Waals surface area contributed by atoms with Crippen molar-refractivity contribution in [1.82, 2.24) is 4.90 Å². The molecule has 5 nitrogen and oxygen atoms in total. The van der Waals surface area contributed by atoms with Crippen LogP contribution in [0.5, 0.6) is 0 Å². The first kappa shape index (κ1) is 21.2. The van der Waals surface area contributed by atoms with Crippen molar-refractivity contribution in [2.75, 3.05) is 44.2 Å². The van der Waals surface area contributed by atoms with Gasteiger partial charge in [0.1, 0.15) is 6.10 Å². The Kier molecular flexibility index (Phi) is 5.05. The Morgan fingerprint density at radius 1 is 1.19 bits per heavy atom. The minimum Gasteiger partial charge on any atom is -0.462 e. The van der Waals surface area contributed by atoms with Crippen molar-refractivity contribution >= 4 is 23.3 Å². The molecule has 1 aromatic carbocycles. The maximum absolute atomic E-state index is 13.0. The molecule has 32 heavy (non-hydrogen) atoms. The molecule has 3 saturated heterocycles. The summed E-state index contributed by atoms with van der Waals surface area (Å²) in [4.78, 5) is 17.9.